The smallest absolute Gasteiger partial charge is 0.242 e. The molecule has 0 saturated carbocycles. The molecule has 0 bridgehead atoms. The summed E-state index contributed by atoms with van der Waals surface area (Å²) in [6, 6.07) is 2.72. The van der Waals surface area contributed by atoms with E-state index >= 15 is 0 Å². The minimum Gasteiger partial charge on any atom is -0.392 e. The average Bonchev–Trinajstić information content (AvgIpc) is 2.40. The highest BCUT2D eigenvalue weighted by molar-refractivity contribution is 7.89. The first-order chi connectivity index (χ1) is 9.77. The van der Waals surface area contributed by atoms with E-state index in [-0.39, 0.29) is 27.1 Å². The van der Waals surface area contributed by atoms with Crippen LogP contribution in [0, 0.1) is 0 Å². The molecule has 1 aliphatic rings. The molecule has 5 nitrogen and oxygen atoms in total. The van der Waals surface area contributed by atoms with Gasteiger partial charge in [0, 0.05) is 11.6 Å². The number of sulfonamides is 1. The topological polar surface area (TPSA) is 75.6 Å². The lowest BCUT2D eigenvalue weighted by atomic mass is 9.97. The summed E-state index contributed by atoms with van der Waals surface area (Å²) in [5.74, 6) is 0. The number of aliphatic hydroxyl groups excluding tert-OH is 1. The zero-order valence-corrected chi connectivity index (χ0v) is 13.9. The van der Waals surface area contributed by atoms with Crippen molar-refractivity contribution in [2.75, 3.05) is 13.2 Å². The Balaban J connectivity index is 2.38. The molecule has 0 spiro atoms. The molecule has 1 unspecified atom stereocenters. The van der Waals surface area contributed by atoms with Crippen molar-refractivity contribution in [1.29, 1.82) is 0 Å². The van der Waals surface area contributed by atoms with E-state index in [9.17, 15) is 13.5 Å². The highest BCUT2D eigenvalue weighted by Gasteiger charge is 2.34. The number of hydrogen-bond acceptors (Lipinski definition) is 4. The van der Waals surface area contributed by atoms with Gasteiger partial charge in [0.2, 0.25) is 10.0 Å². The maximum absolute atomic E-state index is 12.6. The van der Waals surface area contributed by atoms with Gasteiger partial charge in [0.25, 0.3) is 0 Å². The van der Waals surface area contributed by atoms with E-state index in [2.05, 4.69) is 4.72 Å². The number of ether oxygens (including phenoxy) is 1. The normalized spacial score (nSPS) is 23.2. The van der Waals surface area contributed by atoms with Crippen LogP contribution in [-0.4, -0.2) is 32.3 Å². The van der Waals surface area contributed by atoms with Crippen LogP contribution >= 0.6 is 23.2 Å². The predicted molar refractivity (Wildman–Crippen MR) is 81.2 cm³/mol. The molecule has 0 aromatic heterocycles. The Morgan fingerprint density at radius 1 is 1.43 bits per heavy atom. The molecular weight excluding hydrogens is 337 g/mol. The third-order valence-corrected chi connectivity index (χ3v) is 5.80. The van der Waals surface area contributed by atoms with Gasteiger partial charge < -0.3 is 9.84 Å². The summed E-state index contributed by atoms with van der Waals surface area (Å²) in [7, 11) is -3.86. The second-order valence-electron chi connectivity index (χ2n) is 5.36. The van der Waals surface area contributed by atoms with Crippen LogP contribution in [0.4, 0.5) is 0 Å². The average molecular weight is 354 g/mol. The molecule has 2 rings (SSSR count). The Morgan fingerprint density at radius 3 is 2.71 bits per heavy atom. The summed E-state index contributed by atoms with van der Waals surface area (Å²) in [6.07, 6.45) is 1.46. The Bertz CT molecular complexity index is 627. The number of hydrogen-bond donors (Lipinski definition) is 2. The van der Waals surface area contributed by atoms with E-state index in [0.29, 0.717) is 19.6 Å². The first-order valence-corrected chi connectivity index (χ1v) is 8.72. The van der Waals surface area contributed by atoms with Crippen molar-refractivity contribution in [1.82, 2.24) is 4.72 Å². The molecule has 0 aliphatic carbocycles. The standard InChI is InChI=1S/C13H17Cl2NO4S/c1-13(3-2-4-20-8-13)16-21(18,19)11-6-10(14)5-9(7-17)12(11)15/h5-6,16-17H,2-4,7-8H2,1H3. The van der Waals surface area contributed by atoms with Crippen molar-refractivity contribution in [2.45, 2.75) is 36.8 Å². The maximum Gasteiger partial charge on any atom is 0.242 e. The minimum absolute atomic E-state index is 0.0188. The zero-order chi connectivity index (χ0) is 15.7. The van der Waals surface area contributed by atoms with E-state index in [1.54, 1.807) is 6.92 Å². The van der Waals surface area contributed by atoms with Crippen LogP contribution < -0.4 is 4.72 Å². The van der Waals surface area contributed by atoms with E-state index in [4.69, 9.17) is 27.9 Å². The van der Waals surface area contributed by atoms with Crippen molar-refractivity contribution in [3.05, 3.63) is 27.7 Å². The van der Waals surface area contributed by atoms with E-state index < -0.39 is 15.6 Å². The summed E-state index contributed by atoms with van der Waals surface area (Å²) in [5, 5.41) is 9.41. The van der Waals surface area contributed by atoms with Crippen molar-refractivity contribution in [3.8, 4) is 0 Å². The molecule has 1 aromatic rings. The van der Waals surface area contributed by atoms with Crippen molar-refractivity contribution in [3.63, 3.8) is 0 Å². The molecule has 8 heteroatoms. The molecule has 0 amide bonds. The Kier molecular flexibility index (Phi) is 5.18. The lowest BCUT2D eigenvalue weighted by molar-refractivity contribution is 0.0386. The number of benzene rings is 1. The summed E-state index contributed by atoms with van der Waals surface area (Å²) in [6.45, 7) is 2.33. The van der Waals surface area contributed by atoms with Crippen molar-refractivity contribution < 1.29 is 18.3 Å². The van der Waals surface area contributed by atoms with Crippen molar-refractivity contribution in [2.24, 2.45) is 0 Å². The number of halogens is 2. The lowest BCUT2D eigenvalue weighted by Crippen LogP contribution is -2.51. The van der Waals surface area contributed by atoms with E-state index in [1.165, 1.54) is 12.1 Å². The second-order valence-corrected chi connectivity index (χ2v) is 7.82. The SMILES string of the molecule is CC1(NS(=O)(=O)c2cc(Cl)cc(CO)c2Cl)CCCOC1. The number of rotatable bonds is 4. The first kappa shape index (κ1) is 17.0. The van der Waals surface area contributed by atoms with Gasteiger partial charge in [0.1, 0.15) is 4.90 Å². The molecule has 0 radical (unpaired) electrons. The molecule has 1 heterocycles. The summed E-state index contributed by atoms with van der Waals surface area (Å²) < 4.78 is 33.1. The third kappa shape index (κ3) is 3.88. The van der Waals surface area contributed by atoms with Gasteiger partial charge in [-0.05, 0) is 37.5 Å². The summed E-state index contributed by atoms with van der Waals surface area (Å²) >= 11 is 12.0. The third-order valence-electron chi connectivity index (χ3n) is 3.36. The van der Waals surface area contributed by atoms with Gasteiger partial charge in [-0.25, -0.2) is 13.1 Å². The minimum atomic E-state index is -3.86. The Morgan fingerprint density at radius 2 is 2.14 bits per heavy atom. The van der Waals surface area contributed by atoms with Crippen LogP contribution in [0.5, 0.6) is 0 Å². The summed E-state index contributed by atoms with van der Waals surface area (Å²) in [5.41, 5.74) is -0.406. The fourth-order valence-corrected chi connectivity index (χ4v) is 4.67. The molecule has 1 saturated heterocycles. The molecule has 2 N–H and O–H groups in total. The maximum atomic E-state index is 12.6. The quantitative estimate of drug-likeness (QED) is 0.870. The highest BCUT2D eigenvalue weighted by Crippen LogP contribution is 2.31. The van der Waals surface area contributed by atoms with Crippen LogP contribution in [0.3, 0.4) is 0 Å². The zero-order valence-electron chi connectivity index (χ0n) is 11.5. The second kappa shape index (κ2) is 6.40. The summed E-state index contributed by atoms with van der Waals surface area (Å²) in [4.78, 5) is -0.132. The molecule has 1 aliphatic heterocycles. The number of aliphatic hydroxyl groups is 1. The van der Waals surface area contributed by atoms with E-state index in [0.717, 1.165) is 6.42 Å². The predicted octanol–water partition coefficient (Wildman–Crippen LogP) is 2.33. The van der Waals surface area contributed by atoms with Crippen LogP contribution in [-0.2, 0) is 21.4 Å². The van der Waals surface area contributed by atoms with Gasteiger partial charge in [0.15, 0.2) is 0 Å². The first-order valence-electron chi connectivity index (χ1n) is 6.48. The van der Waals surface area contributed by atoms with E-state index in [1.807, 2.05) is 0 Å². The molecule has 21 heavy (non-hydrogen) atoms. The lowest BCUT2D eigenvalue weighted by Gasteiger charge is -2.34. The van der Waals surface area contributed by atoms with Crippen LogP contribution in [0.15, 0.2) is 17.0 Å². The highest BCUT2D eigenvalue weighted by atomic mass is 35.5. The van der Waals surface area contributed by atoms with Crippen LogP contribution in [0.25, 0.3) is 0 Å². The molecule has 1 aromatic carbocycles. The fraction of sp³-hybridized carbons (Fsp3) is 0.538. The van der Waals surface area contributed by atoms with Gasteiger partial charge >= 0.3 is 0 Å². The monoisotopic (exact) mass is 353 g/mol. The van der Waals surface area contributed by atoms with Gasteiger partial charge in [-0.3, -0.25) is 0 Å². The van der Waals surface area contributed by atoms with Gasteiger partial charge in [-0.2, -0.15) is 0 Å². The fourth-order valence-electron chi connectivity index (χ4n) is 2.32. The molecule has 1 fully saturated rings. The largest absolute Gasteiger partial charge is 0.392 e. The van der Waals surface area contributed by atoms with Gasteiger partial charge in [-0.15, -0.1) is 0 Å². The molecule has 118 valence electrons. The van der Waals surface area contributed by atoms with Gasteiger partial charge in [0.05, 0.1) is 23.8 Å². The van der Waals surface area contributed by atoms with Crippen LogP contribution in [0.2, 0.25) is 10.0 Å². The van der Waals surface area contributed by atoms with Crippen molar-refractivity contribution >= 4 is 33.2 Å². The Labute approximate surface area is 134 Å². The number of nitrogens with one attached hydrogen (secondary N) is 1. The van der Waals surface area contributed by atoms with Gasteiger partial charge in [-0.1, -0.05) is 23.2 Å². The van der Waals surface area contributed by atoms with Crippen LogP contribution in [0.1, 0.15) is 25.3 Å². The Hall–Kier alpha value is -0.370. The molecular formula is C13H17Cl2NO4S. The molecule has 1 atom stereocenters.